The Morgan fingerprint density at radius 1 is 1.27 bits per heavy atom. The van der Waals surface area contributed by atoms with Crippen LogP contribution in [-0.2, 0) is 27.3 Å². The molecule has 2 aliphatic heterocycles. The second-order valence-electron chi connectivity index (χ2n) is 9.17. The lowest BCUT2D eigenvalue weighted by atomic mass is 10.0. The Balaban J connectivity index is 1.32. The number of carbonyl (C=O) groups is 3. The molecule has 2 aromatic rings. The number of nitrogens with one attached hydrogen (secondary N) is 2. The van der Waals surface area contributed by atoms with Crippen LogP contribution in [0.4, 0.5) is 0 Å². The van der Waals surface area contributed by atoms with Gasteiger partial charge < -0.3 is 30.9 Å². The number of nitrogens with zero attached hydrogens (tertiary/aromatic N) is 1. The maximum absolute atomic E-state index is 13.1. The molecule has 37 heavy (non-hydrogen) atoms. The van der Waals surface area contributed by atoms with Gasteiger partial charge in [-0.3, -0.25) is 9.59 Å². The van der Waals surface area contributed by atoms with Crippen molar-refractivity contribution in [3.05, 3.63) is 67.8 Å². The Morgan fingerprint density at radius 2 is 2.03 bits per heavy atom. The second kappa shape index (κ2) is 11.4. The number of carboxylic acid groups (broad SMARTS) is 1. The molecule has 0 bridgehead atoms. The number of hydrogen-bond donors (Lipinski definition) is 5. The fourth-order valence-electron chi connectivity index (χ4n) is 4.58. The third kappa shape index (κ3) is 6.12. The minimum absolute atomic E-state index is 0.0374. The summed E-state index contributed by atoms with van der Waals surface area (Å²) < 4.78 is 0. The molecular weight excluding hydrogens is 538 g/mol. The predicted octanol–water partition coefficient (Wildman–Crippen LogP) is 2.30. The Morgan fingerprint density at radius 3 is 2.73 bits per heavy atom. The highest BCUT2D eigenvalue weighted by atomic mass is 35.5. The molecule has 198 valence electrons. The highest BCUT2D eigenvalue weighted by Crippen LogP contribution is 2.41. The van der Waals surface area contributed by atoms with Gasteiger partial charge in [0, 0.05) is 21.9 Å². The van der Waals surface area contributed by atoms with Crippen molar-refractivity contribution in [1.29, 1.82) is 0 Å². The van der Waals surface area contributed by atoms with Gasteiger partial charge in [-0.25, -0.2) is 4.79 Å². The van der Waals surface area contributed by atoms with Gasteiger partial charge in [0.2, 0.25) is 0 Å². The summed E-state index contributed by atoms with van der Waals surface area (Å²) in [5.74, 6) is -2.72. The van der Waals surface area contributed by atoms with Crippen molar-refractivity contribution in [2.45, 2.75) is 55.9 Å². The van der Waals surface area contributed by atoms with Crippen LogP contribution in [-0.4, -0.2) is 67.7 Å². The third-order valence-electron chi connectivity index (χ3n) is 6.52. The third-order valence-corrected chi connectivity index (χ3v) is 9.10. The summed E-state index contributed by atoms with van der Waals surface area (Å²) in [6.07, 6.45) is -2.00. The van der Waals surface area contributed by atoms with Gasteiger partial charge in [-0.2, -0.15) is 0 Å². The Bertz CT molecular complexity index is 1220. The molecule has 0 radical (unpaired) electrons. The number of hydrogen-bond acceptors (Lipinski definition) is 8. The summed E-state index contributed by atoms with van der Waals surface area (Å²) in [5.41, 5.74) is 2.06. The first-order valence-corrected chi connectivity index (χ1v) is 13.9. The van der Waals surface area contributed by atoms with Crippen LogP contribution >= 0.6 is 34.7 Å². The Labute approximate surface area is 227 Å². The van der Waals surface area contributed by atoms with E-state index in [2.05, 4.69) is 10.6 Å². The maximum atomic E-state index is 13.1. The van der Waals surface area contributed by atoms with E-state index in [4.69, 9.17) is 11.6 Å². The lowest BCUT2D eigenvalue weighted by Gasteiger charge is -2.38. The van der Waals surface area contributed by atoms with Gasteiger partial charge in [-0.15, -0.1) is 23.1 Å². The summed E-state index contributed by atoms with van der Waals surface area (Å²) in [5, 5.41) is 39.9. The average molecular weight is 566 g/mol. The van der Waals surface area contributed by atoms with Gasteiger partial charge in [-0.05, 0) is 54.8 Å². The quantitative estimate of drug-likeness (QED) is 0.312. The number of likely N-dealkylation sites (tertiary alicyclic amines) is 1. The van der Waals surface area contributed by atoms with Crippen molar-refractivity contribution in [3.63, 3.8) is 0 Å². The molecular formula is C25H28ClN3O6S2. The standard InChI is InChI=1S/C25H28ClN3O6S2/c1-25(28-18(13-37-25)24(34)35)19-7-4-8-29(19)23(33)21(31)20(30)22(32)27-11-16-10-14(12-36-16)9-15-5-2-3-6-17(15)26/h2-3,5-6,10,12-13,19-21,28,30-31H,4,7-9,11H2,1H3,(H,27,32)(H,34,35)/t19-,20-,21-,25?/m1/s1. The number of aliphatic hydroxyl groups is 2. The van der Waals surface area contributed by atoms with Crippen LogP contribution in [0.2, 0.25) is 5.02 Å². The van der Waals surface area contributed by atoms with Gasteiger partial charge in [-0.1, -0.05) is 29.8 Å². The van der Waals surface area contributed by atoms with E-state index in [9.17, 15) is 29.7 Å². The average Bonchev–Trinajstić information content (AvgIpc) is 3.63. The summed E-state index contributed by atoms with van der Waals surface area (Å²) >= 11 is 8.93. The smallest absolute Gasteiger partial charge is 0.352 e. The first-order valence-electron chi connectivity index (χ1n) is 11.7. The molecule has 4 rings (SSSR count). The van der Waals surface area contributed by atoms with Gasteiger partial charge in [0.25, 0.3) is 11.8 Å². The molecule has 9 nitrogen and oxygen atoms in total. The largest absolute Gasteiger partial charge is 0.477 e. The number of rotatable bonds is 9. The lowest BCUT2D eigenvalue weighted by Crippen LogP contribution is -2.58. The van der Waals surface area contributed by atoms with Crippen LogP contribution in [0.5, 0.6) is 0 Å². The maximum Gasteiger partial charge on any atom is 0.352 e. The Hall–Kier alpha value is -2.57. The molecule has 1 fully saturated rings. The number of thiophene rings is 1. The zero-order valence-corrected chi connectivity index (χ0v) is 22.4. The monoisotopic (exact) mass is 565 g/mol. The highest BCUT2D eigenvalue weighted by molar-refractivity contribution is 8.03. The summed E-state index contributed by atoms with van der Waals surface area (Å²) in [6.45, 7) is 2.26. The number of aliphatic hydroxyl groups excluding tert-OH is 2. The van der Waals surface area contributed by atoms with Crippen LogP contribution < -0.4 is 10.6 Å². The molecule has 1 aromatic heterocycles. The zero-order valence-electron chi connectivity index (χ0n) is 20.0. The fourth-order valence-corrected chi connectivity index (χ4v) is 6.70. The number of carboxylic acids is 1. The van der Waals surface area contributed by atoms with Crippen molar-refractivity contribution < 1.29 is 29.7 Å². The number of amides is 2. The van der Waals surface area contributed by atoms with Crippen LogP contribution in [0, 0.1) is 0 Å². The van der Waals surface area contributed by atoms with Crippen LogP contribution in [0.1, 0.15) is 35.8 Å². The predicted molar refractivity (Wildman–Crippen MR) is 142 cm³/mol. The lowest BCUT2D eigenvalue weighted by molar-refractivity contribution is -0.154. The van der Waals surface area contributed by atoms with E-state index in [1.807, 2.05) is 35.7 Å². The summed E-state index contributed by atoms with van der Waals surface area (Å²) in [6, 6.07) is 9.07. The van der Waals surface area contributed by atoms with Crippen molar-refractivity contribution in [3.8, 4) is 0 Å². The molecule has 12 heteroatoms. The van der Waals surface area contributed by atoms with E-state index >= 15 is 0 Å². The SMILES string of the molecule is CC1([C@H]2CCCN2C(=O)[C@H](O)[C@@H](O)C(=O)NCc2cc(Cc3ccccc3Cl)cs2)NC(C(=O)O)=CS1. The minimum Gasteiger partial charge on any atom is -0.477 e. The molecule has 1 unspecified atom stereocenters. The topological polar surface area (TPSA) is 139 Å². The molecule has 0 saturated carbocycles. The van der Waals surface area contributed by atoms with E-state index in [1.165, 1.54) is 33.4 Å². The van der Waals surface area contributed by atoms with Gasteiger partial charge in [0.1, 0.15) is 10.6 Å². The van der Waals surface area contributed by atoms with Crippen molar-refractivity contribution in [1.82, 2.24) is 15.5 Å². The van der Waals surface area contributed by atoms with Crippen molar-refractivity contribution >= 4 is 52.5 Å². The van der Waals surface area contributed by atoms with E-state index in [0.717, 1.165) is 16.0 Å². The zero-order chi connectivity index (χ0) is 26.7. The first-order chi connectivity index (χ1) is 17.6. The van der Waals surface area contributed by atoms with E-state index < -0.39 is 40.9 Å². The van der Waals surface area contributed by atoms with Gasteiger partial charge in [0.05, 0.1) is 12.6 Å². The van der Waals surface area contributed by atoms with Crippen molar-refractivity contribution in [2.24, 2.45) is 0 Å². The molecule has 3 heterocycles. The van der Waals surface area contributed by atoms with Crippen LogP contribution in [0.3, 0.4) is 0 Å². The molecule has 2 aliphatic rings. The normalized spacial score (nSPS) is 22.8. The van der Waals surface area contributed by atoms with E-state index in [0.29, 0.717) is 30.8 Å². The number of benzene rings is 1. The van der Waals surface area contributed by atoms with Crippen LogP contribution in [0.15, 0.2) is 46.8 Å². The number of halogens is 1. The van der Waals surface area contributed by atoms with Crippen molar-refractivity contribution in [2.75, 3.05) is 6.54 Å². The molecule has 2 amide bonds. The fraction of sp³-hybridized carbons (Fsp3) is 0.400. The molecule has 0 aliphatic carbocycles. The summed E-state index contributed by atoms with van der Waals surface area (Å²) in [7, 11) is 0. The Kier molecular flexibility index (Phi) is 8.49. The molecule has 0 spiro atoms. The molecule has 4 atom stereocenters. The van der Waals surface area contributed by atoms with E-state index in [-0.39, 0.29) is 12.2 Å². The first kappa shape index (κ1) is 27.5. The van der Waals surface area contributed by atoms with Gasteiger partial charge in [0.15, 0.2) is 12.2 Å². The molecule has 1 aromatic carbocycles. The molecule has 5 N–H and O–H groups in total. The number of aliphatic carboxylic acids is 1. The highest BCUT2D eigenvalue weighted by Gasteiger charge is 2.48. The second-order valence-corrected chi connectivity index (χ2v) is 11.9. The minimum atomic E-state index is -1.94. The van der Waals surface area contributed by atoms with E-state index in [1.54, 1.807) is 6.92 Å². The van der Waals surface area contributed by atoms with Gasteiger partial charge >= 0.3 is 5.97 Å². The molecule has 1 saturated heterocycles. The number of thioether (sulfide) groups is 1. The number of carbonyl (C=O) groups excluding carboxylic acids is 2. The summed E-state index contributed by atoms with van der Waals surface area (Å²) in [4.78, 5) is 38.4. The van der Waals surface area contributed by atoms with Crippen LogP contribution in [0.25, 0.3) is 0 Å².